The van der Waals surface area contributed by atoms with Gasteiger partial charge in [-0.25, -0.2) is 12.8 Å². The van der Waals surface area contributed by atoms with Crippen LogP contribution in [0.2, 0.25) is 0 Å². The summed E-state index contributed by atoms with van der Waals surface area (Å²) in [5.41, 5.74) is 1.16. The van der Waals surface area contributed by atoms with Gasteiger partial charge in [0.2, 0.25) is 0 Å². The van der Waals surface area contributed by atoms with Gasteiger partial charge in [-0.15, -0.1) is 0 Å². The van der Waals surface area contributed by atoms with E-state index in [0.717, 1.165) is 12.1 Å². The summed E-state index contributed by atoms with van der Waals surface area (Å²) in [6.45, 7) is 2.96. The third-order valence-corrected chi connectivity index (χ3v) is 4.51. The molecule has 0 aliphatic rings. The standard InChI is InChI=1S/C15H14FNO3S/c1-10-9-13(16)5-8-15(10)21(19,20)17-14-6-3-12(4-7-14)11(2)18/h3-9,17H,1-2H3. The van der Waals surface area contributed by atoms with E-state index in [1.54, 1.807) is 0 Å². The fourth-order valence-corrected chi connectivity index (χ4v) is 3.18. The van der Waals surface area contributed by atoms with Crippen LogP contribution in [0.1, 0.15) is 22.8 Å². The minimum absolute atomic E-state index is 0.0135. The Labute approximate surface area is 122 Å². The topological polar surface area (TPSA) is 63.2 Å². The highest BCUT2D eigenvalue weighted by molar-refractivity contribution is 7.92. The first-order valence-corrected chi connectivity index (χ1v) is 7.68. The van der Waals surface area contributed by atoms with Crippen molar-refractivity contribution in [2.75, 3.05) is 4.72 Å². The molecule has 0 aliphatic heterocycles. The van der Waals surface area contributed by atoms with Crippen molar-refractivity contribution in [1.29, 1.82) is 0 Å². The SMILES string of the molecule is CC(=O)c1ccc(NS(=O)(=O)c2ccc(F)cc2C)cc1. The van der Waals surface area contributed by atoms with Crippen LogP contribution in [0.25, 0.3) is 0 Å². The van der Waals surface area contributed by atoms with E-state index < -0.39 is 15.8 Å². The first-order chi connectivity index (χ1) is 9.79. The molecule has 1 N–H and O–H groups in total. The second-order valence-electron chi connectivity index (χ2n) is 4.65. The zero-order valence-electron chi connectivity index (χ0n) is 11.6. The quantitative estimate of drug-likeness (QED) is 0.883. The van der Waals surface area contributed by atoms with Gasteiger partial charge >= 0.3 is 0 Å². The first-order valence-electron chi connectivity index (χ1n) is 6.19. The Kier molecular flexibility index (Phi) is 4.09. The lowest BCUT2D eigenvalue weighted by Crippen LogP contribution is -2.14. The van der Waals surface area contributed by atoms with E-state index in [1.165, 1.54) is 44.2 Å². The Morgan fingerprint density at radius 1 is 1.10 bits per heavy atom. The maximum Gasteiger partial charge on any atom is 0.262 e. The van der Waals surface area contributed by atoms with Gasteiger partial charge in [0.25, 0.3) is 10.0 Å². The van der Waals surface area contributed by atoms with E-state index in [0.29, 0.717) is 16.8 Å². The molecule has 4 nitrogen and oxygen atoms in total. The molecule has 0 fully saturated rings. The van der Waals surface area contributed by atoms with Gasteiger partial charge in [0.15, 0.2) is 5.78 Å². The number of benzene rings is 2. The van der Waals surface area contributed by atoms with E-state index in [9.17, 15) is 17.6 Å². The van der Waals surface area contributed by atoms with Crippen LogP contribution in [-0.4, -0.2) is 14.2 Å². The van der Waals surface area contributed by atoms with Crippen LogP contribution in [0.15, 0.2) is 47.4 Å². The molecule has 0 aliphatic carbocycles. The highest BCUT2D eigenvalue weighted by atomic mass is 32.2. The van der Waals surface area contributed by atoms with Crippen LogP contribution in [0.4, 0.5) is 10.1 Å². The Morgan fingerprint density at radius 2 is 1.71 bits per heavy atom. The van der Waals surface area contributed by atoms with E-state index in [1.807, 2.05) is 0 Å². The van der Waals surface area contributed by atoms with Crippen molar-refractivity contribution in [3.63, 3.8) is 0 Å². The monoisotopic (exact) mass is 307 g/mol. The molecule has 0 unspecified atom stereocenters. The zero-order valence-corrected chi connectivity index (χ0v) is 12.4. The molecule has 6 heteroatoms. The molecule has 0 atom stereocenters. The lowest BCUT2D eigenvalue weighted by Gasteiger charge is -2.10. The van der Waals surface area contributed by atoms with Crippen LogP contribution >= 0.6 is 0 Å². The highest BCUT2D eigenvalue weighted by Crippen LogP contribution is 2.20. The van der Waals surface area contributed by atoms with Gasteiger partial charge in [-0.05, 0) is 61.9 Å². The minimum Gasteiger partial charge on any atom is -0.295 e. The average molecular weight is 307 g/mol. The van der Waals surface area contributed by atoms with Crippen molar-refractivity contribution in [2.45, 2.75) is 18.7 Å². The molecule has 0 radical (unpaired) electrons. The Bertz CT molecular complexity index is 783. The maximum atomic E-state index is 13.0. The smallest absolute Gasteiger partial charge is 0.262 e. The third-order valence-electron chi connectivity index (χ3n) is 2.97. The van der Waals surface area contributed by atoms with Crippen molar-refractivity contribution in [3.05, 3.63) is 59.4 Å². The fourth-order valence-electron chi connectivity index (χ4n) is 1.90. The van der Waals surface area contributed by atoms with Crippen LogP contribution in [-0.2, 0) is 10.0 Å². The molecule has 0 bridgehead atoms. The number of anilines is 1. The van der Waals surface area contributed by atoms with Gasteiger partial charge in [-0.3, -0.25) is 9.52 Å². The molecule has 2 aromatic carbocycles. The van der Waals surface area contributed by atoms with E-state index in [-0.39, 0.29) is 10.7 Å². The van der Waals surface area contributed by atoms with Crippen LogP contribution in [0, 0.1) is 12.7 Å². The largest absolute Gasteiger partial charge is 0.295 e. The molecule has 0 amide bonds. The summed E-state index contributed by atoms with van der Waals surface area (Å²) in [5, 5.41) is 0. The lowest BCUT2D eigenvalue weighted by atomic mass is 10.1. The number of carbonyl (C=O) groups excluding carboxylic acids is 1. The van der Waals surface area contributed by atoms with Gasteiger partial charge < -0.3 is 0 Å². The summed E-state index contributed by atoms with van der Waals surface area (Å²) < 4.78 is 39.9. The molecular weight excluding hydrogens is 293 g/mol. The Morgan fingerprint density at radius 3 is 2.24 bits per heavy atom. The number of sulfonamides is 1. The second-order valence-corrected chi connectivity index (χ2v) is 6.30. The Balaban J connectivity index is 2.30. The number of Topliss-reactive ketones (excluding diaryl/α,β-unsaturated/α-hetero) is 1. The zero-order chi connectivity index (χ0) is 15.6. The number of rotatable bonds is 4. The molecule has 0 saturated heterocycles. The van der Waals surface area contributed by atoms with Gasteiger partial charge in [0.1, 0.15) is 5.82 Å². The summed E-state index contributed by atoms with van der Waals surface area (Å²) in [6, 6.07) is 9.57. The summed E-state index contributed by atoms with van der Waals surface area (Å²) in [7, 11) is -3.80. The maximum absolute atomic E-state index is 13.0. The molecule has 0 spiro atoms. The van der Waals surface area contributed by atoms with E-state index >= 15 is 0 Å². The number of aryl methyl sites for hydroxylation is 1. The predicted octanol–water partition coefficient (Wildman–Crippen LogP) is 3.14. The highest BCUT2D eigenvalue weighted by Gasteiger charge is 2.17. The fraction of sp³-hybridized carbons (Fsp3) is 0.133. The molecular formula is C15H14FNO3S. The number of carbonyl (C=O) groups is 1. The van der Waals surface area contributed by atoms with E-state index in [2.05, 4.69) is 4.72 Å². The van der Waals surface area contributed by atoms with Crippen LogP contribution < -0.4 is 4.72 Å². The molecule has 21 heavy (non-hydrogen) atoms. The van der Waals surface area contributed by atoms with Crippen molar-refractivity contribution in [1.82, 2.24) is 0 Å². The second kappa shape index (κ2) is 5.65. The lowest BCUT2D eigenvalue weighted by molar-refractivity contribution is 0.101. The predicted molar refractivity (Wildman–Crippen MR) is 78.4 cm³/mol. The molecule has 2 rings (SSSR count). The van der Waals surface area contributed by atoms with E-state index in [4.69, 9.17) is 0 Å². The van der Waals surface area contributed by atoms with Crippen molar-refractivity contribution < 1.29 is 17.6 Å². The van der Waals surface area contributed by atoms with Crippen molar-refractivity contribution in [3.8, 4) is 0 Å². The number of halogens is 1. The summed E-state index contributed by atoms with van der Waals surface area (Å²) in [4.78, 5) is 11.2. The van der Waals surface area contributed by atoms with Crippen molar-refractivity contribution in [2.24, 2.45) is 0 Å². The summed E-state index contributed by atoms with van der Waals surface area (Å²) >= 11 is 0. The van der Waals surface area contributed by atoms with Crippen LogP contribution in [0.5, 0.6) is 0 Å². The molecule has 110 valence electrons. The van der Waals surface area contributed by atoms with Crippen molar-refractivity contribution >= 4 is 21.5 Å². The molecule has 2 aromatic rings. The first kappa shape index (κ1) is 15.2. The molecule has 0 heterocycles. The van der Waals surface area contributed by atoms with Gasteiger partial charge in [-0.2, -0.15) is 0 Å². The number of hydrogen-bond acceptors (Lipinski definition) is 3. The number of nitrogens with one attached hydrogen (secondary N) is 1. The number of ketones is 1. The van der Waals surface area contributed by atoms with Gasteiger partial charge in [0.05, 0.1) is 4.90 Å². The van der Waals surface area contributed by atoms with Gasteiger partial charge in [0, 0.05) is 11.3 Å². The normalized spacial score (nSPS) is 11.2. The Hall–Kier alpha value is -2.21. The third kappa shape index (κ3) is 3.46. The summed E-state index contributed by atoms with van der Waals surface area (Å²) in [6.07, 6.45) is 0. The molecule has 0 saturated carbocycles. The number of hydrogen-bond donors (Lipinski definition) is 1. The minimum atomic E-state index is -3.80. The molecule has 0 aromatic heterocycles. The van der Waals surface area contributed by atoms with Gasteiger partial charge in [-0.1, -0.05) is 0 Å². The average Bonchev–Trinajstić information content (AvgIpc) is 2.38. The van der Waals surface area contributed by atoms with Crippen LogP contribution in [0.3, 0.4) is 0 Å². The summed E-state index contributed by atoms with van der Waals surface area (Å²) in [5.74, 6) is -0.587.